The van der Waals surface area contributed by atoms with Crippen molar-refractivity contribution in [2.24, 2.45) is 0 Å². The Morgan fingerprint density at radius 3 is 2.42 bits per heavy atom. The summed E-state index contributed by atoms with van der Waals surface area (Å²) in [5, 5.41) is 3.08. The number of hydrogen-bond acceptors (Lipinski definition) is 3. The van der Waals surface area contributed by atoms with Crippen LogP contribution in [0.2, 0.25) is 0 Å². The topological polar surface area (TPSA) is 33.3 Å². The van der Waals surface area contributed by atoms with Gasteiger partial charge in [0.25, 0.3) is 0 Å². The number of nitrogens with one attached hydrogen (secondary N) is 2. The van der Waals surface area contributed by atoms with Crippen molar-refractivity contribution >= 4 is 5.69 Å². The summed E-state index contributed by atoms with van der Waals surface area (Å²) in [6.45, 7) is 0.896. The molecule has 0 saturated heterocycles. The molecular weight excluding hydrogens is 152 g/mol. The Morgan fingerprint density at radius 2 is 1.92 bits per heavy atom. The minimum Gasteiger partial charge on any atom is -0.316 e. The molecule has 0 aliphatic carbocycles. The molecule has 1 aromatic rings. The second-order valence-corrected chi connectivity index (χ2v) is 2.53. The van der Waals surface area contributed by atoms with Gasteiger partial charge in [-0.2, -0.15) is 0 Å². The average molecular weight is 166 g/mol. The second-order valence-electron chi connectivity index (χ2n) is 2.53. The summed E-state index contributed by atoms with van der Waals surface area (Å²) < 4.78 is 0. The molecule has 0 atom stereocenters. The summed E-state index contributed by atoms with van der Waals surface area (Å²) in [6, 6.07) is 8.07. The highest BCUT2D eigenvalue weighted by atomic mass is 16.6. The second kappa shape index (κ2) is 4.74. The third-order valence-electron chi connectivity index (χ3n) is 1.55. The third-order valence-corrected chi connectivity index (χ3v) is 1.55. The minimum atomic E-state index is 0.896. The van der Waals surface area contributed by atoms with Crippen LogP contribution in [0.25, 0.3) is 0 Å². The molecule has 0 heterocycles. The van der Waals surface area contributed by atoms with Crippen LogP contribution < -0.4 is 10.8 Å². The van der Waals surface area contributed by atoms with Crippen LogP contribution in [0, 0.1) is 0 Å². The van der Waals surface area contributed by atoms with Gasteiger partial charge >= 0.3 is 0 Å². The molecule has 3 heteroatoms. The smallest absolute Gasteiger partial charge is 0.0636 e. The summed E-state index contributed by atoms with van der Waals surface area (Å²) in [7, 11) is 3.53. The van der Waals surface area contributed by atoms with E-state index in [1.807, 2.05) is 19.2 Å². The lowest BCUT2D eigenvalue weighted by atomic mass is 10.2. The summed E-state index contributed by atoms with van der Waals surface area (Å²) in [5.74, 6) is 0. The standard InChI is InChI=1S/C9H14N2O/c1-10-7-8-3-5-9(6-4-8)11-12-2/h3-6,10-11H,7H2,1-2H3. The van der Waals surface area contributed by atoms with Crippen molar-refractivity contribution in [3.8, 4) is 0 Å². The van der Waals surface area contributed by atoms with Crippen molar-refractivity contribution in [2.45, 2.75) is 6.54 Å². The first-order chi connectivity index (χ1) is 5.86. The maximum Gasteiger partial charge on any atom is 0.0636 e. The van der Waals surface area contributed by atoms with Crippen LogP contribution in [0.4, 0.5) is 5.69 Å². The maximum absolute atomic E-state index is 4.76. The highest BCUT2D eigenvalue weighted by Gasteiger charge is 1.91. The highest BCUT2D eigenvalue weighted by molar-refractivity contribution is 5.42. The quantitative estimate of drug-likeness (QED) is 0.663. The van der Waals surface area contributed by atoms with Crippen molar-refractivity contribution < 1.29 is 4.84 Å². The van der Waals surface area contributed by atoms with Crippen LogP contribution in [0.5, 0.6) is 0 Å². The summed E-state index contributed by atoms with van der Waals surface area (Å²) in [4.78, 5) is 4.76. The monoisotopic (exact) mass is 166 g/mol. The van der Waals surface area contributed by atoms with Gasteiger partial charge in [0.1, 0.15) is 0 Å². The van der Waals surface area contributed by atoms with Gasteiger partial charge in [-0.1, -0.05) is 12.1 Å². The van der Waals surface area contributed by atoms with E-state index in [1.54, 1.807) is 7.11 Å². The van der Waals surface area contributed by atoms with E-state index < -0.39 is 0 Å². The zero-order chi connectivity index (χ0) is 8.81. The van der Waals surface area contributed by atoms with Gasteiger partial charge in [0.2, 0.25) is 0 Å². The van der Waals surface area contributed by atoms with Crippen LogP contribution in [-0.2, 0) is 11.4 Å². The van der Waals surface area contributed by atoms with Crippen LogP contribution in [0.3, 0.4) is 0 Å². The zero-order valence-corrected chi connectivity index (χ0v) is 7.42. The predicted molar refractivity (Wildman–Crippen MR) is 49.8 cm³/mol. The maximum atomic E-state index is 4.76. The van der Waals surface area contributed by atoms with Gasteiger partial charge in [0.15, 0.2) is 0 Å². The van der Waals surface area contributed by atoms with Gasteiger partial charge in [-0.25, -0.2) is 0 Å². The molecular formula is C9H14N2O. The predicted octanol–water partition coefficient (Wildman–Crippen LogP) is 1.38. The molecule has 0 aliphatic rings. The van der Waals surface area contributed by atoms with Gasteiger partial charge in [-0.15, -0.1) is 0 Å². The summed E-state index contributed by atoms with van der Waals surface area (Å²) >= 11 is 0. The zero-order valence-electron chi connectivity index (χ0n) is 7.42. The molecule has 0 spiro atoms. The number of benzene rings is 1. The van der Waals surface area contributed by atoms with Crippen LogP contribution >= 0.6 is 0 Å². The van der Waals surface area contributed by atoms with Crippen molar-refractivity contribution in [3.05, 3.63) is 29.8 Å². The first-order valence-electron chi connectivity index (χ1n) is 3.89. The molecule has 0 saturated carbocycles. The Hall–Kier alpha value is -1.06. The van der Waals surface area contributed by atoms with Gasteiger partial charge in [-0.05, 0) is 24.7 Å². The van der Waals surface area contributed by atoms with E-state index in [0.29, 0.717) is 0 Å². The summed E-state index contributed by atoms with van der Waals surface area (Å²) in [5.41, 5.74) is 4.99. The molecule has 0 fully saturated rings. The Morgan fingerprint density at radius 1 is 1.25 bits per heavy atom. The van der Waals surface area contributed by atoms with Crippen molar-refractivity contribution in [1.29, 1.82) is 0 Å². The van der Waals surface area contributed by atoms with Gasteiger partial charge in [0, 0.05) is 6.54 Å². The Kier molecular flexibility index (Phi) is 3.57. The first-order valence-corrected chi connectivity index (χ1v) is 3.89. The first kappa shape index (κ1) is 9.03. The SMILES string of the molecule is CNCc1ccc(NOC)cc1. The van der Waals surface area contributed by atoms with E-state index in [9.17, 15) is 0 Å². The number of rotatable bonds is 4. The molecule has 0 unspecified atom stereocenters. The molecule has 0 aromatic heterocycles. The molecule has 0 amide bonds. The average Bonchev–Trinajstić information content (AvgIpc) is 2.09. The molecule has 0 bridgehead atoms. The Labute approximate surface area is 72.7 Å². The lowest BCUT2D eigenvalue weighted by Gasteiger charge is -2.04. The van der Waals surface area contributed by atoms with Crippen molar-refractivity contribution in [2.75, 3.05) is 19.6 Å². The van der Waals surface area contributed by atoms with Gasteiger partial charge < -0.3 is 5.32 Å². The molecule has 2 N–H and O–H groups in total. The van der Waals surface area contributed by atoms with E-state index in [2.05, 4.69) is 22.9 Å². The minimum absolute atomic E-state index is 0.896. The van der Waals surface area contributed by atoms with Gasteiger partial charge in [0.05, 0.1) is 12.8 Å². The largest absolute Gasteiger partial charge is 0.316 e. The van der Waals surface area contributed by atoms with Gasteiger partial charge in [-0.3, -0.25) is 10.3 Å². The third kappa shape index (κ3) is 2.53. The van der Waals surface area contributed by atoms with E-state index in [0.717, 1.165) is 12.2 Å². The molecule has 0 aliphatic heterocycles. The summed E-state index contributed by atoms with van der Waals surface area (Å²) in [6.07, 6.45) is 0. The van der Waals surface area contributed by atoms with E-state index in [1.165, 1.54) is 5.56 Å². The lowest BCUT2D eigenvalue weighted by Crippen LogP contribution is -2.04. The van der Waals surface area contributed by atoms with Crippen molar-refractivity contribution in [1.82, 2.24) is 5.32 Å². The van der Waals surface area contributed by atoms with E-state index in [4.69, 9.17) is 4.84 Å². The Balaban J connectivity index is 2.58. The molecule has 1 aromatic carbocycles. The number of hydrogen-bond donors (Lipinski definition) is 2. The highest BCUT2D eigenvalue weighted by Crippen LogP contribution is 2.08. The molecule has 3 nitrogen and oxygen atoms in total. The van der Waals surface area contributed by atoms with Crippen molar-refractivity contribution in [3.63, 3.8) is 0 Å². The molecule has 66 valence electrons. The fraction of sp³-hybridized carbons (Fsp3) is 0.333. The van der Waals surface area contributed by atoms with E-state index in [-0.39, 0.29) is 0 Å². The van der Waals surface area contributed by atoms with Crippen LogP contribution in [-0.4, -0.2) is 14.2 Å². The lowest BCUT2D eigenvalue weighted by molar-refractivity contribution is 0.271. The Bertz CT molecular complexity index is 195. The molecule has 1 rings (SSSR count). The van der Waals surface area contributed by atoms with Crippen LogP contribution in [0.15, 0.2) is 24.3 Å². The number of anilines is 1. The van der Waals surface area contributed by atoms with Crippen LogP contribution in [0.1, 0.15) is 5.56 Å². The normalized spacial score (nSPS) is 9.83. The van der Waals surface area contributed by atoms with E-state index >= 15 is 0 Å². The molecule has 12 heavy (non-hydrogen) atoms. The fourth-order valence-electron chi connectivity index (χ4n) is 1.01. The fourth-order valence-corrected chi connectivity index (χ4v) is 1.01. The molecule has 0 radical (unpaired) electrons.